The zero-order valence-electron chi connectivity index (χ0n) is 35.9. The molecule has 9 rings (SSSR count). The third kappa shape index (κ3) is 7.28. The average Bonchev–Trinajstić information content (AvgIpc) is 3.52. The smallest absolute Gasteiger partial charge is 0.259 e. The van der Waals surface area contributed by atoms with Crippen LogP contribution in [-0.4, -0.2) is 85.9 Å². The summed E-state index contributed by atoms with van der Waals surface area (Å²) in [5, 5.41) is 16.8. The lowest BCUT2D eigenvalue weighted by Gasteiger charge is -2.43. The van der Waals surface area contributed by atoms with E-state index in [1.165, 1.54) is 6.33 Å². The van der Waals surface area contributed by atoms with Crippen LogP contribution in [-0.2, 0) is 24.1 Å². The molecule has 1 aliphatic carbocycles. The van der Waals surface area contributed by atoms with Crippen LogP contribution in [0.3, 0.4) is 0 Å². The first-order chi connectivity index (χ1) is 30.7. The van der Waals surface area contributed by atoms with Crippen molar-refractivity contribution in [2.24, 2.45) is 0 Å². The first-order valence-corrected chi connectivity index (χ1v) is 22.4. The molecule has 4 heterocycles. The van der Waals surface area contributed by atoms with Gasteiger partial charge in [0.25, 0.3) is 14.4 Å². The standard InChI is InChI=1S/C48H51N8O6P/c1-32(2)56(33(3)4)63(60-28-15-27-49)62-45-46-26-29-59-40(44(61-46)55-31-52-39-41(50-30-51-42(39)55)53-43(57)34-16-9-6-10-17-34)48(45,46)54-47(35-18-11-7-12-19-35,36-20-13-8-14-21-36)37-22-24-38(58-5)25-23-37/h6-14,16-25,30-33,40,44-45,54H,15,26,28-29H2,1-5H3,(H,50,51,53,57)/t40-,44+,45?,46+,48+,63?/m0/s1. The van der Waals surface area contributed by atoms with Crippen molar-refractivity contribution in [2.45, 2.75) is 87.7 Å². The van der Waals surface area contributed by atoms with Gasteiger partial charge in [-0.05, 0) is 68.7 Å². The molecule has 0 radical (unpaired) electrons. The second-order valence-corrected chi connectivity index (χ2v) is 17.9. The Hall–Kier alpha value is -5.62. The fourth-order valence-corrected chi connectivity index (χ4v) is 11.5. The van der Waals surface area contributed by atoms with Gasteiger partial charge in [0.15, 0.2) is 23.2 Å². The highest BCUT2D eigenvalue weighted by Gasteiger charge is 2.91. The molecule has 324 valence electrons. The van der Waals surface area contributed by atoms with E-state index in [9.17, 15) is 10.1 Å². The number of hydrogen-bond donors (Lipinski definition) is 2. The number of methoxy groups -OCH3 is 1. The minimum atomic E-state index is -1.70. The van der Waals surface area contributed by atoms with Gasteiger partial charge in [-0.3, -0.25) is 14.7 Å². The molecule has 3 aliphatic rings. The fraction of sp³-hybridized carbons (Fsp3) is 0.354. The molecule has 2 bridgehead atoms. The second-order valence-electron chi connectivity index (χ2n) is 16.5. The van der Waals surface area contributed by atoms with Crippen LogP contribution in [0.15, 0.2) is 128 Å². The lowest BCUT2D eigenvalue weighted by molar-refractivity contribution is -0.0878. The van der Waals surface area contributed by atoms with Crippen molar-refractivity contribution >= 4 is 31.4 Å². The summed E-state index contributed by atoms with van der Waals surface area (Å²) in [6.07, 6.45) is 1.87. The molecule has 14 nitrogen and oxygen atoms in total. The van der Waals surface area contributed by atoms with E-state index < -0.39 is 43.6 Å². The van der Waals surface area contributed by atoms with Crippen molar-refractivity contribution in [2.75, 3.05) is 25.6 Å². The Morgan fingerprint density at radius 2 is 1.56 bits per heavy atom. The topological polar surface area (TPSA) is 158 Å². The van der Waals surface area contributed by atoms with Crippen molar-refractivity contribution in [1.29, 1.82) is 5.26 Å². The molecule has 2 saturated heterocycles. The highest BCUT2D eigenvalue weighted by molar-refractivity contribution is 7.44. The van der Waals surface area contributed by atoms with E-state index in [4.69, 9.17) is 33.2 Å². The summed E-state index contributed by atoms with van der Waals surface area (Å²) in [5.41, 5.74) is 1.41. The Kier molecular flexibility index (Phi) is 11.9. The summed E-state index contributed by atoms with van der Waals surface area (Å²) in [6, 6.07) is 40.3. The van der Waals surface area contributed by atoms with E-state index in [1.54, 1.807) is 25.6 Å². The van der Waals surface area contributed by atoms with Crippen LogP contribution >= 0.6 is 8.53 Å². The Labute approximate surface area is 368 Å². The molecule has 2 aliphatic heterocycles. The molecular formula is C48H51N8O6P. The van der Waals surface area contributed by atoms with Crippen LogP contribution in [0.1, 0.15) is 73.8 Å². The summed E-state index contributed by atoms with van der Waals surface area (Å²) >= 11 is 0. The van der Waals surface area contributed by atoms with Crippen LogP contribution < -0.4 is 15.4 Å². The number of nitriles is 1. The quantitative estimate of drug-likeness (QED) is 0.0516. The predicted molar refractivity (Wildman–Crippen MR) is 239 cm³/mol. The number of ether oxygens (including phenoxy) is 3. The van der Waals surface area contributed by atoms with Gasteiger partial charge in [-0.15, -0.1) is 0 Å². The summed E-state index contributed by atoms with van der Waals surface area (Å²) in [7, 11) is -0.0334. The molecule has 2 unspecified atom stereocenters. The number of carbonyl (C=O) groups excluding carboxylic acids is 1. The first kappa shape index (κ1) is 42.7. The zero-order valence-corrected chi connectivity index (χ0v) is 36.8. The van der Waals surface area contributed by atoms with E-state index >= 15 is 0 Å². The monoisotopic (exact) mass is 866 g/mol. The van der Waals surface area contributed by atoms with Crippen molar-refractivity contribution in [3.63, 3.8) is 0 Å². The first-order valence-electron chi connectivity index (χ1n) is 21.3. The highest BCUT2D eigenvalue weighted by atomic mass is 31.2. The van der Waals surface area contributed by atoms with E-state index in [2.05, 4.69) is 115 Å². The summed E-state index contributed by atoms with van der Waals surface area (Å²) < 4.78 is 38.1. The summed E-state index contributed by atoms with van der Waals surface area (Å²) in [6.45, 7) is 9.13. The van der Waals surface area contributed by atoms with Gasteiger partial charge >= 0.3 is 0 Å². The minimum Gasteiger partial charge on any atom is -0.497 e. The van der Waals surface area contributed by atoms with Gasteiger partial charge < -0.3 is 28.6 Å². The molecule has 15 heteroatoms. The summed E-state index contributed by atoms with van der Waals surface area (Å²) in [5.74, 6) is 0.698. The molecule has 0 spiro atoms. The maximum Gasteiger partial charge on any atom is 0.259 e. The molecular weight excluding hydrogens is 816 g/mol. The number of nitrogens with one attached hydrogen (secondary N) is 2. The number of nitrogens with zero attached hydrogens (tertiary/aromatic N) is 6. The van der Waals surface area contributed by atoms with Crippen molar-refractivity contribution in [3.05, 3.63) is 150 Å². The number of hydrogen-bond acceptors (Lipinski definition) is 12. The van der Waals surface area contributed by atoms with Gasteiger partial charge in [-0.1, -0.05) is 91.0 Å². The Bertz CT molecular complexity index is 2530. The second kappa shape index (κ2) is 17.5. The van der Waals surface area contributed by atoms with Crippen LogP contribution in [0, 0.1) is 11.3 Å². The lowest BCUT2D eigenvalue weighted by Crippen LogP contribution is -2.60. The number of aromatic nitrogens is 4. The van der Waals surface area contributed by atoms with Crippen molar-refractivity contribution < 1.29 is 28.1 Å². The third-order valence-corrected chi connectivity index (χ3v) is 14.4. The Balaban J connectivity index is 1.20. The molecule has 2 N–H and O–H groups in total. The van der Waals surface area contributed by atoms with Crippen LogP contribution in [0.25, 0.3) is 11.2 Å². The van der Waals surface area contributed by atoms with Gasteiger partial charge in [-0.25, -0.2) is 19.6 Å². The lowest BCUT2D eigenvalue weighted by atomic mass is 9.75. The number of rotatable bonds is 17. The summed E-state index contributed by atoms with van der Waals surface area (Å²) in [4.78, 5) is 27.2. The Morgan fingerprint density at radius 1 is 0.921 bits per heavy atom. The number of carbonyl (C=O) groups is 1. The highest BCUT2D eigenvalue weighted by Crippen LogP contribution is 2.72. The SMILES string of the molecule is COc1ccc(C(N[C@]23C(OP(OCCC#N)N(C(C)C)C(C)C)[C@]24CCO[C@H]3[C@H](n2cnc3c(NC(=O)c5ccccc5)ncnc32)O4)(c2ccccc2)c2ccccc2)cc1. The number of anilines is 1. The van der Waals surface area contributed by atoms with Gasteiger partial charge in [-0.2, -0.15) is 5.26 Å². The third-order valence-electron chi connectivity index (χ3n) is 12.4. The van der Waals surface area contributed by atoms with Crippen molar-refractivity contribution in [3.8, 4) is 11.8 Å². The van der Waals surface area contributed by atoms with Crippen LogP contribution in [0.5, 0.6) is 5.75 Å². The number of fused-ring (bicyclic) bond motifs is 1. The van der Waals surface area contributed by atoms with E-state index in [0.717, 1.165) is 22.4 Å². The molecule has 6 atom stereocenters. The minimum absolute atomic E-state index is 0.0723. The van der Waals surface area contributed by atoms with Crippen LogP contribution in [0.4, 0.5) is 5.82 Å². The molecule has 1 amide bonds. The normalized spacial score (nSPS) is 23.1. The number of amides is 1. The predicted octanol–water partition coefficient (Wildman–Crippen LogP) is 8.14. The molecule has 1 saturated carbocycles. The van der Waals surface area contributed by atoms with Gasteiger partial charge in [0, 0.05) is 24.1 Å². The maximum absolute atomic E-state index is 13.3. The zero-order chi connectivity index (χ0) is 43.8. The van der Waals surface area contributed by atoms with Crippen LogP contribution in [0.2, 0.25) is 0 Å². The average molecular weight is 867 g/mol. The molecule has 4 aromatic carbocycles. The van der Waals surface area contributed by atoms with Gasteiger partial charge in [0.05, 0.1) is 44.7 Å². The molecule has 6 aromatic rings. The molecule has 2 aromatic heterocycles. The fourth-order valence-electron chi connectivity index (χ4n) is 9.64. The number of imidazole rings is 1. The molecule has 3 fully saturated rings. The van der Waals surface area contributed by atoms with Gasteiger partial charge in [0.2, 0.25) is 0 Å². The molecule has 63 heavy (non-hydrogen) atoms. The van der Waals surface area contributed by atoms with Crippen molar-refractivity contribution in [1.82, 2.24) is 29.5 Å². The van der Waals surface area contributed by atoms with Gasteiger partial charge in [0.1, 0.15) is 35.4 Å². The number of benzene rings is 4. The van der Waals surface area contributed by atoms with E-state index in [-0.39, 0.29) is 36.8 Å². The maximum atomic E-state index is 13.3. The van der Waals surface area contributed by atoms with E-state index in [0.29, 0.717) is 29.8 Å². The Morgan fingerprint density at radius 3 is 2.17 bits per heavy atom. The largest absolute Gasteiger partial charge is 0.497 e. The van der Waals surface area contributed by atoms with E-state index in [1.807, 2.05) is 47.0 Å².